The number of fused-ring (bicyclic) bond motifs is 2. The smallest absolute Gasteiger partial charge is 0.161 e. The molecule has 0 saturated carbocycles. The Balaban J connectivity index is 0.00000156. The van der Waals surface area contributed by atoms with Crippen LogP contribution in [0.2, 0.25) is 0 Å². The Morgan fingerprint density at radius 2 is 1.78 bits per heavy atom. The van der Waals surface area contributed by atoms with Crippen molar-refractivity contribution in [2.75, 3.05) is 24.7 Å². The minimum atomic E-state index is 0. The van der Waals surface area contributed by atoms with E-state index in [0.29, 0.717) is 6.61 Å². The molecule has 2 aromatic rings. The van der Waals surface area contributed by atoms with E-state index < -0.39 is 0 Å². The predicted octanol–water partition coefficient (Wildman–Crippen LogP) is 3.51. The van der Waals surface area contributed by atoms with Crippen molar-refractivity contribution in [3.63, 3.8) is 0 Å². The molecule has 0 fully saturated rings. The largest absolute Gasteiger partial charge is 0.486 e. The van der Waals surface area contributed by atoms with Crippen molar-refractivity contribution < 1.29 is 9.47 Å². The van der Waals surface area contributed by atoms with Crippen molar-refractivity contribution in [1.82, 2.24) is 5.01 Å². The Kier molecular flexibility index (Phi) is 4.64. The highest BCUT2D eigenvalue weighted by atomic mass is 35.5. The molecule has 1 atom stereocenters. The molecule has 0 bridgehead atoms. The fraction of sp³-hybridized carbons (Fsp3) is 0.333. The number of hydrogen-bond acceptors (Lipinski definition) is 4. The fourth-order valence-electron chi connectivity index (χ4n) is 3.25. The van der Waals surface area contributed by atoms with Crippen LogP contribution in [-0.2, 0) is 6.54 Å². The van der Waals surface area contributed by atoms with Gasteiger partial charge in [-0.1, -0.05) is 30.3 Å². The van der Waals surface area contributed by atoms with Crippen LogP contribution < -0.4 is 14.5 Å². The molecule has 1 unspecified atom stereocenters. The van der Waals surface area contributed by atoms with Gasteiger partial charge in [0.15, 0.2) is 11.5 Å². The van der Waals surface area contributed by atoms with Gasteiger partial charge in [-0.25, -0.2) is 5.01 Å². The van der Waals surface area contributed by atoms with Crippen LogP contribution in [0.4, 0.5) is 5.69 Å². The second-order valence-corrected chi connectivity index (χ2v) is 5.69. The van der Waals surface area contributed by atoms with Crippen LogP contribution in [0.5, 0.6) is 11.5 Å². The van der Waals surface area contributed by atoms with E-state index in [4.69, 9.17) is 9.47 Å². The topological polar surface area (TPSA) is 24.9 Å². The SMILES string of the molecule is CCN1c2ccccc2CN1CC1COc2ccccc2O1.Cl. The molecule has 0 amide bonds. The Morgan fingerprint density at radius 3 is 2.61 bits per heavy atom. The highest BCUT2D eigenvalue weighted by Crippen LogP contribution is 2.34. The van der Waals surface area contributed by atoms with Crippen LogP contribution in [0, 0.1) is 0 Å². The van der Waals surface area contributed by atoms with Crippen molar-refractivity contribution in [2.24, 2.45) is 0 Å². The maximum Gasteiger partial charge on any atom is 0.161 e. The van der Waals surface area contributed by atoms with Crippen LogP contribution in [0.3, 0.4) is 0 Å². The molecule has 0 radical (unpaired) electrons. The first-order chi connectivity index (χ1) is 10.8. The molecule has 0 aromatic heterocycles. The van der Waals surface area contributed by atoms with E-state index in [1.165, 1.54) is 11.3 Å². The fourth-order valence-corrected chi connectivity index (χ4v) is 3.25. The first kappa shape index (κ1) is 16.0. The summed E-state index contributed by atoms with van der Waals surface area (Å²) in [6, 6.07) is 16.5. The van der Waals surface area contributed by atoms with Gasteiger partial charge >= 0.3 is 0 Å². The number of hydrazine groups is 1. The molecule has 0 N–H and O–H groups in total. The number of anilines is 1. The summed E-state index contributed by atoms with van der Waals surface area (Å²) < 4.78 is 11.9. The van der Waals surface area contributed by atoms with Gasteiger partial charge < -0.3 is 14.5 Å². The minimum absolute atomic E-state index is 0. The van der Waals surface area contributed by atoms with Crippen LogP contribution in [0.15, 0.2) is 48.5 Å². The number of rotatable bonds is 3. The summed E-state index contributed by atoms with van der Waals surface area (Å²) in [4.78, 5) is 0. The Bertz CT molecular complexity index is 680. The number of benzene rings is 2. The zero-order valence-electron chi connectivity index (χ0n) is 13.1. The van der Waals surface area contributed by atoms with Crippen molar-refractivity contribution >= 4 is 18.1 Å². The maximum atomic E-state index is 6.09. The Labute approximate surface area is 143 Å². The molecule has 4 rings (SSSR count). The average molecular weight is 333 g/mol. The zero-order valence-corrected chi connectivity index (χ0v) is 14.0. The maximum absolute atomic E-state index is 6.09. The van der Waals surface area contributed by atoms with E-state index in [-0.39, 0.29) is 18.5 Å². The summed E-state index contributed by atoms with van der Waals surface area (Å²) in [5, 5.41) is 4.69. The van der Waals surface area contributed by atoms with E-state index in [1.807, 2.05) is 24.3 Å². The Hall–Kier alpha value is -1.91. The van der Waals surface area contributed by atoms with Crippen LogP contribution >= 0.6 is 12.4 Å². The third kappa shape index (κ3) is 2.96. The molecule has 0 aliphatic carbocycles. The lowest BCUT2D eigenvalue weighted by atomic mass is 10.2. The van der Waals surface area contributed by atoms with Crippen LogP contribution in [-0.4, -0.2) is 30.8 Å². The molecule has 2 heterocycles. The van der Waals surface area contributed by atoms with Gasteiger partial charge in [0, 0.05) is 13.1 Å². The van der Waals surface area contributed by atoms with Crippen molar-refractivity contribution in [3.8, 4) is 11.5 Å². The summed E-state index contributed by atoms with van der Waals surface area (Å²) >= 11 is 0. The molecule has 2 aromatic carbocycles. The van der Waals surface area contributed by atoms with E-state index in [1.54, 1.807) is 0 Å². The lowest BCUT2D eigenvalue weighted by Gasteiger charge is -2.34. The standard InChI is InChI=1S/C18H20N2O2.ClH/c1-2-20-16-8-4-3-7-14(16)11-19(20)12-15-13-21-17-9-5-6-10-18(17)22-15;/h3-10,15H,2,11-13H2,1H3;1H. The molecule has 2 aliphatic heterocycles. The predicted molar refractivity (Wildman–Crippen MR) is 93.5 cm³/mol. The summed E-state index contributed by atoms with van der Waals surface area (Å²) in [5.74, 6) is 1.69. The second-order valence-electron chi connectivity index (χ2n) is 5.69. The molecule has 23 heavy (non-hydrogen) atoms. The number of ether oxygens (including phenoxy) is 2. The number of para-hydroxylation sites is 3. The van der Waals surface area contributed by atoms with Crippen LogP contribution in [0.25, 0.3) is 0 Å². The van der Waals surface area contributed by atoms with Gasteiger partial charge in [-0.05, 0) is 30.7 Å². The summed E-state index contributed by atoms with van der Waals surface area (Å²) in [6.45, 7) is 5.51. The van der Waals surface area contributed by atoms with Gasteiger partial charge in [0.1, 0.15) is 12.7 Å². The van der Waals surface area contributed by atoms with Crippen molar-refractivity contribution in [2.45, 2.75) is 19.6 Å². The van der Waals surface area contributed by atoms with Gasteiger partial charge in [0.05, 0.1) is 12.2 Å². The molecule has 4 nitrogen and oxygen atoms in total. The lowest BCUT2D eigenvalue weighted by Crippen LogP contribution is -2.46. The lowest BCUT2D eigenvalue weighted by molar-refractivity contribution is 0.0562. The molecule has 0 saturated heterocycles. The summed E-state index contributed by atoms with van der Waals surface area (Å²) in [7, 11) is 0. The molecule has 2 aliphatic rings. The number of hydrogen-bond donors (Lipinski definition) is 0. The quantitative estimate of drug-likeness (QED) is 0.858. The molecule has 0 spiro atoms. The minimum Gasteiger partial charge on any atom is -0.486 e. The van der Waals surface area contributed by atoms with Crippen molar-refractivity contribution in [1.29, 1.82) is 0 Å². The summed E-state index contributed by atoms with van der Waals surface area (Å²) in [6.07, 6.45) is 0.0539. The number of nitrogens with zero attached hydrogens (tertiary/aromatic N) is 2. The van der Waals surface area contributed by atoms with E-state index in [2.05, 4.69) is 41.2 Å². The molecule has 5 heteroatoms. The van der Waals surface area contributed by atoms with Gasteiger partial charge in [-0.15, -0.1) is 12.4 Å². The van der Waals surface area contributed by atoms with Crippen LogP contribution in [0.1, 0.15) is 12.5 Å². The first-order valence-corrected chi connectivity index (χ1v) is 7.84. The normalized spacial score (nSPS) is 19.2. The van der Waals surface area contributed by atoms with Gasteiger partial charge in [0.2, 0.25) is 0 Å². The van der Waals surface area contributed by atoms with Crippen molar-refractivity contribution in [3.05, 3.63) is 54.1 Å². The van der Waals surface area contributed by atoms with Gasteiger partial charge in [0.25, 0.3) is 0 Å². The monoisotopic (exact) mass is 332 g/mol. The number of halogens is 1. The molecule has 122 valence electrons. The first-order valence-electron chi connectivity index (χ1n) is 7.84. The van der Waals surface area contributed by atoms with E-state index in [0.717, 1.165) is 31.1 Å². The molecular formula is C18H21ClN2O2. The average Bonchev–Trinajstić information content (AvgIpc) is 2.91. The third-order valence-corrected chi connectivity index (χ3v) is 4.25. The van der Waals surface area contributed by atoms with Gasteiger partial charge in [-0.3, -0.25) is 0 Å². The van der Waals surface area contributed by atoms with Gasteiger partial charge in [-0.2, -0.15) is 0 Å². The van der Waals surface area contributed by atoms with E-state index >= 15 is 0 Å². The summed E-state index contributed by atoms with van der Waals surface area (Å²) in [5.41, 5.74) is 2.68. The molecular weight excluding hydrogens is 312 g/mol. The third-order valence-electron chi connectivity index (χ3n) is 4.25. The highest BCUT2D eigenvalue weighted by molar-refractivity contribution is 5.85. The highest BCUT2D eigenvalue weighted by Gasteiger charge is 2.30. The second kappa shape index (κ2) is 6.69. The Morgan fingerprint density at radius 1 is 1.04 bits per heavy atom. The van der Waals surface area contributed by atoms with E-state index in [9.17, 15) is 0 Å². The zero-order chi connectivity index (χ0) is 14.9.